The Kier molecular flexibility index (Phi) is 7.15. The van der Waals surface area contributed by atoms with Gasteiger partial charge in [0.1, 0.15) is 6.04 Å². The molecule has 1 heterocycles. The summed E-state index contributed by atoms with van der Waals surface area (Å²) in [4.78, 5) is 41.2. The van der Waals surface area contributed by atoms with Gasteiger partial charge in [-0.1, -0.05) is 31.2 Å². The zero-order chi connectivity index (χ0) is 22.7. The second kappa shape index (κ2) is 9.64. The highest BCUT2D eigenvalue weighted by atomic mass is 16.3. The van der Waals surface area contributed by atoms with Crippen molar-refractivity contribution in [2.75, 3.05) is 25.5 Å². The van der Waals surface area contributed by atoms with Gasteiger partial charge >= 0.3 is 0 Å². The molecule has 7 heteroatoms. The van der Waals surface area contributed by atoms with Gasteiger partial charge in [-0.3, -0.25) is 14.4 Å². The summed E-state index contributed by atoms with van der Waals surface area (Å²) in [6.07, 6.45) is 5.03. The lowest BCUT2D eigenvalue weighted by atomic mass is 9.70. The van der Waals surface area contributed by atoms with E-state index < -0.39 is 17.9 Å². The van der Waals surface area contributed by atoms with E-state index in [-0.39, 0.29) is 36.2 Å². The molecule has 1 saturated heterocycles. The van der Waals surface area contributed by atoms with Gasteiger partial charge in [-0.15, -0.1) is 0 Å². The number of allylic oxidation sites excluding steroid dienone is 1. The fourth-order valence-electron chi connectivity index (χ4n) is 4.87. The zero-order valence-electron chi connectivity index (χ0n) is 18.7. The number of aliphatic hydroxyl groups is 1. The van der Waals surface area contributed by atoms with E-state index in [0.717, 1.165) is 16.8 Å². The fraction of sp³-hybridized carbons (Fsp3) is 0.542. The Morgan fingerprint density at radius 3 is 2.55 bits per heavy atom. The molecule has 3 N–H and O–H groups in total. The quantitative estimate of drug-likeness (QED) is 0.458. The molecule has 3 rings (SSSR count). The molecule has 0 radical (unpaired) electrons. The molecular formula is C24H33N3O4. The van der Waals surface area contributed by atoms with Gasteiger partial charge in [0.2, 0.25) is 17.7 Å². The van der Waals surface area contributed by atoms with Gasteiger partial charge in [0, 0.05) is 31.8 Å². The molecule has 1 aromatic rings. The Labute approximate surface area is 183 Å². The van der Waals surface area contributed by atoms with E-state index in [1.807, 2.05) is 51.1 Å². The Morgan fingerprint density at radius 2 is 1.87 bits per heavy atom. The number of anilines is 1. The number of carbonyl (C=O) groups excluding carboxylic acids is 3. The molecule has 31 heavy (non-hydrogen) atoms. The second-order valence-corrected chi connectivity index (χ2v) is 8.70. The van der Waals surface area contributed by atoms with Gasteiger partial charge in [0.15, 0.2) is 0 Å². The summed E-state index contributed by atoms with van der Waals surface area (Å²) in [6, 6.07) is 5.17. The summed E-state index contributed by atoms with van der Waals surface area (Å²) in [6.45, 7) is 6.23. The van der Waals surface area contributed by atoms with Crippen molar-refractivity contribution >= 4 is 23.4 Å². The zero-order valence-corrected chi connectivity index (χ0v) is 18.7. The van der Waals surface area contributed by atoms with Crippen LogP contribution in [0.2, 0.25) is 0 Å². The molecular weight excluding hydrogens is 394 g/mol. The first-order valence-electron chi connectivity index (χ1n) is 11.0. The van der Waals surface area contributed by atoms with Crippen LogP contribution in [0, 0.1) is 37.5 Å². The number of aliphatic hydroxyl groups excluding tert-OH is 1. The third-order valence-corrected chi connectivity index (χ3v) is 6.55. The van der Waals surface area contributed by atoms with Gasteiger partial charge in [0.25, 0.3) is 0 Å². The highest BCUT2D eigenvalue weighted by Crippen LogP contribution is 2.44. The molecule has 1 aliphatic heterocycles. The molecule has 0 saturated carbocycles. The summed E-state index contributed by atoms with van der Waals surface area (Å²) in [5, 5.41) is 14.9. The molecule has 1 aromatic carbocycles. The van der Waals surface area contributed by atoms with Crippen LogP contribution in [-0.4, -0.2) is 54.0 Å². The van der Waals surface area contributed by atoms with E-state index in [1.54, 1.807) is 11.9 Å². The number of unbranched alkanes of at least 4 members (excludes halogenated alkanes) is 1. The average Bonchev–Trinajstić information content (AvgIpc) is 3.02. The van der Waals surface area contributed by atoms with Crippen molar-refractivity contribution in [3.05, 3.63) is 41.5 Å². The summed E-state index contributed by atoms with van der Waals surface area (Å²) >= 11 is 0. The topological polar surface area (TPSA) is 98.7 Å². The number of likely N-dealkylation sites (tertiary alicyclic amines) is 1. The summed E-state index contributed by atoms with van der Waals surface area (Å²) < 4.78 is 0. The first-order valence-corrected chi connectivity index (χ1v) is 11.0. The highest BCUT2D eigenvalue weighted by Gasteiger charge is 2.56. The van der Waals surface area contributed by atoms with E-state index in [0.29, 0.717) is 19.4 Å². The molecule has 1 aliphatic carbocycles. The maximum absolute atomic E-state index is 13.5. The largest absolute Gasteiger partial charge is 0.396 e. The highest BCUT2D eigenvalue weighted by molar-refractivity contribution is 6.02. The predicted octanol–water partition coefficient (Wildman–Crippen LogP) is 2.03. The van der Waals surface area contributed by atoms with Crippen molar-refractivity contribution < 1.29 is 19.5 Å². The molecule has 0 aromatic heterocycles. The Hall–Kier alpha value is -2.67. The standard InChI is InChI=1S/C24H33N3O4/c1-14-7-8-15(2)18(13-14)26-23(30)21-17-10-9-16(3)19(22(29)25-4)20(17)24(31)27(21)11-5-6-12-28/h7-10,13,16-17,19-21,28H,5-6,11-12H2,1-4H3,(H,25,29)(H,26,30)/t16-,17+,19-,20+,21+/m1/s1. The summed E-state index contributed by atoms with van der Waals surface area (Å²) in [5.41, 5.74) is 2.71. The number of nitrogens with one attached hydrogen (secondary N) is 2. The molecule has 7 nitrogen and oxygen atoms in total. The SMILES string of the molecule is CNC(=O)[C@H]1[C@H]2C(=O)N(CCCCO)[C@H](C(=O)Nc3cc(C)ccc3C)[C@H]2C=C[C@H]1C. The first-order chi connectivity index (χ1) is 14.8. The molecule has 0 unspecified atom stereocenters. The minimum Gasteiger partial charge on any atom is -0.396 e. The number of nitrogens with zero attached hydrogens (tertiary/aromatic N) is 1. The first kappa shape index (κ1) is 23.0. The number of carbonyl (C=O) groups is 3. The number of amides is 3. The second-order valence-electron chi connectivity index (χ2n) is 8.70. The minimum absolute atomic E-state index is 0.0338. The van der Waals surface area contributed by atoms with Crippen molar-refractivity contribution in [1.82, 2.24) is 10.2 Å². The smallest absolute Gasteiger partial charge is 0.247 e. The van der Waals surface area contributed by atoms with Gasteiger partial charge in [0.05, 0.1) is 11.8 Å². The molecule has 0 bridgehead atoms. The summed E-state index contributed by atoms with van der Waals surface area (Å²) in [5.74, 6) is -2.11. The third kappa shape index (κ3) is 4.51. The van der Waals surface area contributed by atoms with Gasteiger partial charge in [-0.05, 0) is 49.8 Å². The fourth-order valence-corrected chi connectivity index (χ4v) is 4.87. The van der Waals surface area contributed by atoms with Crippen LogP contribution in [0.25, 0.3) is 0 Å². The van der Waals surface area contributed by atoms with Crippen LogP contribution in [0.1, 0.15) is 30.9 Å². The molecule has 0 spiro atoms. The molecule has 168 valence electrons. The molecule has 2 aliphatic rings. The van der Waals surface area contributed by atoms with Crippen LogP contribution < -0.4 is 10.6 Å². The van der Waals surface area contributed by atoms with Crippen molar-refractivity contribution in [2.24, 2.45) is 23.7 Å². The van der Waals surface area contributed by atoms with E-state index >= 15 is 0 Å². The van der Waals surface area contributed by atoms with E-state index in [9.17, 15) is 19.5 Å². The van der Waals surface area contributed by atoms with E-state index in [4.69, 9.17) is 0 Å². The van der Waals surface area contributed by atoms with Crippen molar-refractivity contribution in [3.8, 4) is 0 Å². The van der Waals surface area contributed by atoms with Crippen LogP contribution >= 0.6 is 0 Å². The molecule has 3 amide bonds. The van der Waals surface area contributed by atoms with Crippen molar-refractivity contribution in [2.45, 2.75) is 39.7 Å². The third-order valence-electron chi connectivity index (χ3n) is 6.55. The summed E-state index contributed by atoms with van der Waals surface area (Å²) in [7, 11) is 1.57. The lowest BCUT2D eigenvalue weighted by Crippen LogP contribution is -2.45. The van der Waals surface area contributed by atoms with Crippen LogP contribution in [0.5, 0.6) is 0 Å². The van der Waals surface area contributed by atoms with Gasteiger partial charge in [-0.2, -0.15) is 0 Å². The van der Waals surface area contributed by atoms with Crippen LogP contribution in [0.15, 0.2) is 30.4 Å². The maximum atomic E-state index is 13.5. The van der Waals surface area contributed by atoms with E-state index in [1.165, 1.54) is 0 Å². The van der Waals surface area contributed by atoms with Crippen LogP contribution in [-0.2, 0) is 14.4 Å². The van der Waals surface area contributed by atoms with Gasteiger partial charge in [-0.25, -0.2) is 0 Å². The van der Waals surface area contributed by atoms with Crippen molar-refractivity contribution in [3.63, 3.8) is 0 Å². The number of hydrogen-bond acceptors (Lipinski definition) is 4. The number of benzene rings is 1. The Morgan fingerprint density at radius 1 is 1.13 bits per heavy atom. The monoisotopic (exact) mass is 427 g/mol. The Balaban J connectivity index is 1.95. The lowest BCUT2D eigenvalue weighted by Gasteiger charge is -2.32. The number of aryl methyl sites for hydroxylation is 2. The van der Waals surface area contributed by atoms with Crippen LogP contribution in [0.4, 0.5) is 5.69 Å². The normalized spacial score (nSPS) is 27.2. The molecule has 5 atom stereocenters. The predicted molar refractivity (Wildman–Crippen MR) is 119 cm³/mol. The molecule has 1 fully saturated rings. The maximum Gasteiger partial charge on any atom is 0.247 e. The lowest BCUT2D eigenvalue weighted by molar-refractivity contribution is -0.140. The average molecular weight is 428 g/mol. The van der Waals surface area contributed by atoms with Crippen LogP contribution in [0.3, 0.4) is 0 Å². The number of fused-ring (bicyclic) bond motifs is 1. The van der Waals surface area contributed by atoms with Gasteiger partial charge < -0.3 is 20.6 Å². The number of hydrogen-bond donors (Lipinski definition) is 3. The van der Waals surface area contributed by atoms with Crippen molar-refractivity contribution in [1.29, 1.82) is 0 Å². The van der Waals surface area contributed by atoms with E-state index in [2.05, 4.69) is 10.6 Å². The Bertz CT molecular complexity index is 882. The number of rotatable bonds is 7. The minimum atomic E-state index is -0.688.